The fourth-order valence-electron chi connectivity index (χ4n) is 4.21. The molecule has 5 nitrogen and oxygen atoms in total. The molecule has 4 rings (SSSR count). The minimum absolute atomic E-state index is 0.0948. The molecule has 0 fully saturated rings. The van der Waals surface area contributed by atoms with Gasteiger partial charge >= 0.3 is 5.69 Å². The van der Waals surface area contributed by atoms with Crippen molar-refractivity contribution in [3.8, 4) is 0 Å². The van der Waals surface area contributed by atoms with Gasteiger partial charge in [0.2, 0.25) is 0 Å². The van der Waals surface area contributed by atoms with Gasteiger partial charge in [0.1, 0.15) is 4.70 Å². The van der Waals surface area contributed by atoms with Crippen LogP contribution in [0.4, 0.5) is 0 Å². The van der Waals surface area contributed by atoms with Gasteiger partial charge in [0.15, 0.2) is 5.78 Å². The van der Waals surface area contributed by atoms with Crippen molar-refractivity contribution in [2.45, 2.75) is 40.3 Å². The van der Waals surface area contributed by atoms with E-state index in [4.69, 9.17) is 0 Å². The lowest BCUT2D eigenvalue weighted by molar-refractivity contribution is 0.0970. The molecule has 0 saturated carbocycles. The lowest BCUT2D eigenvalue weighted by atomic mass is 9.96. The number of aromatic nitrogens is 2. The summed E-state index contributed by atoms with van der Waals surface area (Å²) in [7, 11) is 0. The number of fused-ring (bicyclic) bond motifs is 1. The number of carbonyl (C=O) groups is 1. The van der Waals surface area contributed by atoms with E-state index in [1.54, 1.807) is 11.4 Å². The van der Waals surface area contributed by atoms with Crippen LogP contribution in [0.25, 0.3) is 10.2 Å². The third-order valence-electron chi connectivity index (χ3n) is 5.56. The Kier molecular flexibility index (Phi) is 5.74. The summed E-state index contributed by atoms with van der Waals surface area (Å²) in [4.78, 5) is 39.5. The molecule has 4 aromatic rings. The van der Waals surface area contributed by atoms with E-state index in [1.807, 2.05) is 63.2 Å². The van der Waals surface area contributed by atoms with Crippen molar-refractivity contribution >= 4 is 27.3 Å². The van der Waals surface area contributed by atoms with Gasteiger partial charge in [0.05, 0.1) is 12.1 Å². The summed E-state index contributed by atoms with van der Waals surface area (Å²) in [5, 5.41) is 1.79. The van der Waals surface area contributed by atoms with Crippen LogP contribution in [0, 0.1) is 20.8 Å². The van der Waals surface area contributed by atoms with Gasteiger partial charge in [-0.15, -0.1) is 11.3 Å². The number of Topliss-reactive ketones (excluding diaryl/α,β-unsaturated/α-hetero) is 1. The second kappa shape index (κ2) is 8.47. The van der Waals surface area contributed by atoms with Gasteiger partial charge < -0.3 is 0 Å². The molecule has 0 aliphatic rings. The molecular weight excluding hydrogens is 408 g/mol. The van der Waals surface area contributed by atoms with Crippen molar-refractivity contribution in [2.24, 2.45) is 0 Å². The zero-order valence-corrected chi connectivity index (χ0v) is 18.7. The lowest BCUT2D eigenvalue weighted by Crippen LogP contribution is -2.41. The van der Waals surface area contributed by atoms with Crippen LogP contribution in [0.1, 0.15) is 32.6 Å². The van der Waals surface area contributed by atoms with E-state index < -0.39 is 5.69 Å². The number of rotatable bonds is 6. The van der Waals surface area contributed by atoms with Gasteiger partial charge in [-0.25, -0.2) is 4.79 Å². The molecule has 0 saturated heterocycles. The first-order valence-electron chi connectivity index (χ1n) is 10.2. The first-order chi connectivity index (χ1) is 14.9. The highest BCUT2D eigenvalue weighted by atomic mass is 32.1. The molecule has 0 aliphatic heterocycles. The summed E-state index contributed by atoms with van der Waals surface area (Å²) in [6, 6.07) is 15.4. The Hall–Kier alpha value is -3.25. The van der Waals surface area contributed by atoms with Crippen LogP contribution in [0.2, 0.25) is 0 Å². The number of aryl methyl sites for hydroxylation is 4. The van der Waals surface area contributed by atoms with Crippen LogP contribution < -0.4 is 11.2 Å². The van der Waals surface area contributed by atoms with Crippen molar-refractivity contribution in [1.82, 2.24) is 9.13 Å². The number of nitrogens with zero attached hydrogens (tertiary/aromatic N) is 2. The molecule has 0 unspecified atom stereocenters. The summed E-state index contributed by atoms with van der Waals surface area (Å²) in [6.45, 7) is 6.00. The van der Waals surface area contributed by atoms with Crippen LogP contribution in [-0.4, -0.2) is 14.9 Å². The standard InChI is InChI=1S/C25H24N2O3S/c1-16-13-17(2)22(18(3)14-16)21(28)15-27-20-10-12-31-23(20)24(29)26(25(27)30)11-9-19-7-5-4-6-8-19/h4-8,10,12-14H,9,11,15H2,1-3H3. The number of ketones is 1. The van der Waals surface area contributed by atoms with Gasteiger partial charge in [-0.2, -0.15) is 0 Å². The minimum atomic E-state index is -0.442. The first-order valence-corrected chi connectivity index (χ1v) is 11.1. The molecule has 0 spiro atoms. The van der Waals surface area contributed by atoms with Gasteiger partial charge in [-0.3, -0.25) is 18.7 Å². The van der Waals surface area contributed by atoms with Gasteiger partial charge in [-0.05, 0) is 55.3 Å². The SMILES string of the molecule is Cc1cc(C)c(C(=O)Cn2c(=O)n(CCc3ccccc3)c(=O)c3sccc32)c(C)c1. The first kappa shape index (κ1) is 21.0. The molecular formula is C25H24N2O3S. The number of benzene rings is 2. The molecule has 31 heavy (non-hydrogen) atoms. The smallest absolute Gasteiger partial charge is 0.292 e. The molecule has 6 heteroatoms. The topological polar surface area (TPSA) is 61.1 Å². The third-order valence-corrected chi connectivity index (χ3v) is 6.45. The summed E-state index contributed by atoms with van der Waals surface area (Å²) in [5.41, 5.74) is 4.37. The molecule has 158 valence electrons. The minimum Gasteiger partial charge on any atom is -0.292 e. The maximum atomic E-state index is 13.3. The summed E-state index contributed by atoms with van der Waals surface area (Å²) < 4.78 is 3.20. The van der Waals surface area contributed by atoms with E-state index in [2.05, 4.69) is 0 Å². The third kappa shape index (κ3) is 4.03. The van der Waals surface area contributed by atoms with E-state index >= 15 is 0 Å². The monoisotopic (exact) mass is 432 g/mol. The summed E-state index contributed by atoms with van der Waals surface area (Å²) >= 11 is 1.30. The zero-order valence-electron chi connectivity index (χ0n) is 17.8. The molecule has 2 aromatic heterocycles. The second-order valence-corrected chi connectivity index (χ2v) is 8.81. The number of hydrogen-bond donors (Lipinski definition) is 0. The Morgan fingerprint density at radius 3 is 2.29 bits per heavy atom. The maximum absolute atomic E-state index is 13.3. The van der Waals surface area contributed by atoms with E-state index in [1.165, 1.54) is 20.5 Å². The Morgan fingerprint density at radius 2 is 1.61 bits per heavy atom. The van der Waals surface area contributed by atoms with Crippen molar-refractivity contribution in [3.05, 3.63) is 103 Å². The van der Waals surface area contributed by atoms with E-state index in [0.717, 1.165) is 22.3 Å². The summed E-state index contributed by atoms with van der Waals surface area (Å²) in [5.74, 6) is -0.127. The second-order valence-electron chi connectivity index (χ2n) is 7.89. The zero-order chi connectivity index (χ0) is 22.1. The number of carbonyl (C=O) groups excluding carboxylic acids is 1. The normalized spacial score (nSPS) is 11.2. The van der Waals surface area contributed by atoms with Crippen molar-refractivity contribution in [1.29, 1.82) is 0 Å². The van der Waals surface area contributed by atoms with Crippen LogP contribution >= 0.6 is 11.3 Å². The Bertz CT molecular complexity index is 1370. The maximum Gasteiger partial charge on any atom is 0.331 e. The van der Waals surface area contributed by atoms with Gasteiger partial charge in [-0.1, -0.05) is 48.0 Å². The molecule has 0 atom stereocenters. The fraction of sp³-hybridized carbons (Fsp3) is 0.240. The van der Waals surface area contributed by atoms with E-state index in [0.29, 0.717) is 22.2 Å². The molecule has 0 amide bonds. The number of thiophene rings is 1. The van der Waals surface area contributed by atoms with Crippen LogP contribution in [0.5, 0.6) is 0 Å². The predicted octanol–water partition coefficient (Wildman–Crippen LogP) is 4.28. The van der Waals surface area contributed by atoms with Crippen molar-refractivity contribution < 1.29 is 4.79 Å². The van der Waals surface area contributed by atoms with Crippen molar-refractivity contribution in [3.63, 3.8) is 0 Å². The molecule has 2 heterocycles. The average Bonchev–Trinajstić information content (AvgIpc) is 3.21. The molecule has 0 aliphatic carbocycles. The van der Waals surface area contributed by atoms with E-state index in [-0.39, 0.29) is 24.4 Å². The molecule has 0 radical (unpaired) electrons. The quantitative estimate of drug-likeness (QED) is 0.428. The Morgan fingerprint density at radius 1 is 0.935 bits per heavy atom. The average molecular weight is 433 g/mol. The summed E-state index contributed by atoms with van der Waals surface area (Å²) in [6.07, 6.45) is 0.566. The lowest BCUT2D eigenvalue weighted by Gasteiger charge is -2.14. The van der Waals surface area contributed by atoms with Gasteiger partial charge in [0.25, 0.3) is 5.56 Å². The Balaban J connectivity index is 1.76. The van der Waals surface area contributed by atoms with Gasteiger partial charge in [0, 0.05) is 12.1 Å². The molecule has 0 N–H and O–H groups in total. The van der Waals surface area contributed by atoms with Crippen LogP contribution in [0.3, 0.4) is 0 Å². The largest absolute Gasteiger partial charge is 0.331 e. The fourth-order valence-corrected chi connectivity index (χ4v) is 5.05. The van der Waals surface area contributed by atoms with Crippen molar-refractivity contribution in [2.75, 3.05) is 0 Å². The van der Waals surface area contributed by atoms with Crippen LogP contribution in [0.15, 0.2) is 63.5 Å². The predicted molar refractivity (Wildman–Crippen MR) is 125 cm³/mol. The highest BCUT2D eigenvalue weighted by Gasteiger charge is 2.19. The molecule has 2 aromatic carbocycles. The number of hydrogen-bond acceptors (Lipinski definition) is 4. The molecule has 0 bridgehead atoms. The Labute approximate surface area is 184 Å². The van der Waals surface area contributed by atoms with E-state index in [9.17, 15) is 14.4 Å². The highest BCUT2D eigenvalue weighted by molar-refractivity contribution is 7.17. The highest BCUT2D eigenvalue weighted by Crippen LogP contribution is 2.20. The van der Waals surface area contributed by atoms with Crippen LogP contribution in [-0.2, 0) is 19.5 Å².